The van der Waals surface area contributed by atoms with Gasteiger partial charge in [0.15, 0.2) is 0 Å². The SMILES string of the molecule is CCC(CN)c1nc(C2(OC)CCCC(C)C2)no1. The quantitative estimate of drug-likeness (QED) is 0.887. The Balaban J connectivity index is 2.24. The molecule has 1 aromatic rings. The lowest BCUT2D eigenvalue weighted by atomic mass is 9.78. The molecule has 3 unspecified atom stereocenters. The van der Waals surface area contributed by atoms with Gasteiger partial charge in [-0.2, -0.15) is 4.98 Å². The molecular formula is C14H25N3O2. The maximum Gasteiger partial charge on any atom is 0.231 e. The molecule has 0 radical (unpaired) electrons. The molecule has 5 nitrogen and oxygen atoms in total. The zero-order valence-electron chi connectivity index (χ0n) is 12.2. The fourth-order valence-corrected chi connectivity index (χ4v) is 3.01. The van der Waals surface area contributed by atoms with Crippen molar-refractivity contribution in [1.29, 1.82) is 0 Å². The first-order valence-corrected chi connectivity index (χ1v) is 7.24. The van der Waals surface area contributed by atoms with Crippen molar-refractivity contribution in [2.45, 2.75) is 57.5 Å². The lowest BCUT2D eigenvalue weighted by molar-refractivity contribution is -0.0658. The molecule has 1 aliphatic rings. The van der Waals surface area contributed by atoms with E-state index >= 15 is 0 Å². The topological polar surface area (TPSA) is 74.2 Å². The number of hydrogen-bond donors (Lipinski definition) is 1. The summed E-state index contributed by atoms with van der Waals surface area (Å²) in [7, 11) is 1.74. The van der Waals surface area contributed by atoms with Crippen molar-refractivity contribution in [2.24, 2.45) is 11.7 Å². The Labute approximate surface area is 114 Å². The monoisotopic (exact) mass is 267 g/mol. The third kappa shape index (κ3) is 2.82. The Bertz CT molecular complexity index is 403. The van der Waals surface area contributed by atoms with Crippen LogP contribution in [0.3, 0.4) is 0 Å². The van der Waals surface area contributed by atoms with Gasteiger partial charge < -0.3 is 15.0 Å². The Morgan fingerprint density at radius 2 is 2.37 bits per heavy atom. The molecule has 0 aliphatic heterocycles. The summed E-state index contributed by atoms with van der Waals surface area (Å²) in [6, 6.07) is 0. The molecule has 0 saturated heterocycles. The van der Waals surface area contributed by atoms with Crippen LogP contribution in [0, 0.1) is 5.92 Å². The lowest BCUT2D eigenvalue weighted by Crippen LogP contribution is -2.35. The molecule has 1 aliphatic carbocycles. The van der Waals surface area contributed by atoms with Crippen LogP contribution in [0.2, 0.25) is 0 Å². The standard InChI is InChI=1S/C14H25N3O2/c1-4-11(9-15)12-16-13(17-19-12)14(18-3)7-5-6-10(2)8-14/h10-11H,4-9,15H2,1-3H3. The molecule has 0 amide bonds. The zero-order chi connectivity index (χ0) is 13.9. The Morgan fingerprint density at radius 1 is 1.58 bits per heavy atom. The van der Waals surface area contributed by atoms with E-state index < -0.39 is 0 Å². The van der Waals surface area contributed by atoms with Gasteiger partial charge in [-0.3, -0.25) is 0 Å². The summed E-state index contributed by atoms with van der Waals surface area (Å²) in [4.78, 5) is 4.57. The van der Waals surface area contributed by atoms with Crippen LogP contribution in [0.15, 0.2) is 4.52 Å². The van der Waals surface area contributed by atoms with Crippen LogP contribution >= 0.6 is 0 Å². The minimum Gasteiger partial charge on any atom is -0.370 e. The highest BCUT2D eigenvalue weighted by Crippen LogP contribution is 2.41. The molecule has 0 bridgehead atoms. The highest BCUT2D eigenvalue weighted by Gasteiger charge is 2.41. The number of methoxy groups -OCH3 is 1. The van der Waals surface area contributed by atoms with Crippen molar-refractivity contribution < 1.29 is 9.26 Å². The maximum absolute atomic E-state index is 5.78. The number of nitrogens with two attached hydrogens (primary N) is 1. The number of aromatic nitrogens is 2. The van der Waals surface area contributed by atoms with E-state index in [2.05, 4.69) is 24.0 Å². The molecule has 2 rings (SSSR count). The molecule has 1 fully saturated rings. The molecule has 19 heavy (non-hydrogen) atoms. The van der Waals surface area contributed by atoms with Crippen molar-refractivity contribution in [3.63, 3.8) is 0 Å². The van der Waals surface area contributed by atoms with Gasteiger partial charge in [-0.15, -0.1) is 0 Å². The van der Waals surface area contributed by atoms with Crippen molar-refractivity contribution in [3.05, 3.63) is 11.7 Å². The maximum atomic E-state index is 5.78. The molecule has 1 aromatic heterocycles. The second kappa shape index (κ2) is 6.01. The van der Waals surface area contributed by atoms with Gasteiger partial charge in [-0.1, -0.05) is 25.4 Å². The largest absolute Gasteiger partial charge is 0.370 e. The fourth-order valence-electron chi connectivity index (χ4n) is 3.01. The van der Waals surface area contributed by atoms with E-state index in [9.17, 15) is 0 Å². The van der Waals surface area contributed by atoms with Gasteiger partial charge in [0.2, 0.25) is 11.7 Å². The first kappa shape index (κ1) is 14.5. The van der Waals surface area contributed by atoms with E-state index in [0.29, 0.717) is 24.2 Å². The van der Waals surface area contributed by atoms with E-state index in [1.807, 2.05) is 0 Å². The minimum absolute atomic E-state index is 0.149. The lowest BCUT2D eigenvalue weighted by Gasteiger charge is -2.36. The Kier molecular flexibility index (Phi) is 4.58. The highest BCUT2D eigenvalue weighted by molar-refractivity contribution is 5.06. The van der Waals surface area contributed by atoms with Crippen molar-refractivity contribution in [2.75, 3.05) is 13.7 Å². The minimum atomic E-state index is -0.369. The summed E-state index contributed by atoms with van der Waals surface area (Å²) in [6.07, 6.45) is 5.23. The number of ether oxygens (including phenoxy) is 1. The molecule has 0 aromatic carbocycles. The van der Waals surface area contributed by atoms with Crippen LogP contribution in [-0.2, 0) is 10.3 Å². The van der Waals surface area contributed by atoms with Gasteiger partial charge in [0, 0.05) is 13.7 Å². The first-order chi connectivity index (χ1) is 9.15. The first-order valence-electron chi connectivity index (χ1n) is 7.24. The fraction of sp³-hybridized carbons (Fsp3) is 0.857. The zero-order valence-corrected chi connectivity index (χ0v) is 12.2. The van der Waals surface area contributed by atoms with Crippen molar-refractivity contribution >= 4 is 0 Å². The summed E-state index contributed by atoms with van der Waals surface area (Å²) in [5.74, 6) is 2.13. The van der Waals surface area contributed by atoms with E-state index in [0.717, 1.165) is 25.7 Å². The van der Waals surface area contributed by atoms with Crippen LogP contribution in [0.4, 0.5) is 0 Å². The van der Waals surface area contributed by atoms with Crippen LogP contribution < -0.4 is 5.73 Å². The van der Waals surface area contributed by atoms with E-state index in [1.54, 1.807) is 7.11 Å². The number of hydrogen-bond acceptors (Lipinski definition) is 5. The van der Waals surface area contributed by atoms with Crippen LogP contribution in [0.25, 0.3) is 0 Å². The van der Waals surface area contributed by atoms with Gasteiger partial charge in [-0.25, -0.2) is 0 Å². The second-order valence-electron chi connectivity index (χ2n) is 5.70. The average molecular weight is 267 g/mol. The van der Waals surface area contributed by atoms with Gasteiger partial charge in [0.25, 0.3) is 0 Å². The summed E-state index contributed by atoms with van der Waals surface area (Å²) >= 11 is 0. The molecule has 1 heterocycles. The molecule has 1 saturated carbocycles. The predicted octanol–water partition coefficient (Wildman–Crippen LogP) is 2.57. The van der Waals surface area contributed by atoms with Gasteiger partial charge in [-0.05, 0) is 31.6 Å². The molecule has 3 atom stereocenters. The van der Waals surface area contributed by atoms with Crippen LogP contribution in [0.1, 0.15) is 63.6 Å². The average Bonchev–Trinajstić information content (AvgIpc) is 2.90. The molecule has 2 N–H and O–H groups in total. The van der Waals surface area contributed by atoms with E-state index in [1.165, 1.54) is 6.42 Å². The summed E-state index contributed by atoms with van der Waals surface area (Å²) in [6.45, 7) is 4.87. The van der Waals surface area contributed by atoms with Gasteiger partial charge >= 0.3 is 0 Å². The number of nitrogens with zero attached hydrogens (tertiary/aromatic N) is 2. The normalized spacial score (nSPS) is 29.4. The second-order valence-corrected chi connectivity index (χ2v) is 5.70. The summed E-state index contributed by atoms with van der Waals surface area (Å²) < 4.78 is 11.2. The van der Waals surface area contributed by atoms with E-state index in [4.69, 9.17) is 15.0 Å². The Morgan fingerprint density at radius 3 is 2.95 bits per heavy atom. The van der Waals surface area contributed by atoms with E-state index in [-0.39, 0.29) is 11.5 Å². The summed E-state index contributed by atoms with van der Waals surface area (Å²) in [5, 5.41) is 4.17. The number of rotatable bonds is 5. The molecule has 108 valence electrons. The van der Waals surface area contributed by atoms with Gasteiger partial charge in [0.05, 0.1) is 5.92 Å². The van der Waals surface area contributed by atoms with Crippen molar-refractivity contribution in [1.82, 2.24) is 10.1 Å². The van der Waals surface area contributed by atoms with Crippen LogP contribution in [0.5, 0.6) is 0 Å². The van der Waals surface area contributed by atoms with Gasteiger partial charge in [0.1, 0.15) is 5.60 Å². The Hall–Kier alpha value is -0.940. The third-order valence-corrected chi connectivity index (χ3v) is 4.32. The summed E-state index contributed by atoms with van der Waals surface area (Å²) in [5.41, 5.74) is 5.36. The van der Waals surface area contributed by atoms with Crippen LogP contribution in [-0.4, -0.2) is 23.8 Å². The van der Waals surface area contributed by atoms with Crippen molar-refractivity contribution in [3.8, 4) is 0 Å². The smallest absolute Gasteiger partial charge is 0.231 e. The highest BCUT2D eigenvalue weighted by atomic mass is 16.5. The third-order valence-electron chi connectivity index (χ3n) is 4.32. The molecule has 0 spiro atoms. The molecular weight excluding hydrogens is 242 g/mol. The molecule has 5 heteroatoms. The predicted molar refractivity (Wildman–Crippen MR) is 72.7 cm³/mol.